The molecule has 1 aromatic heterocycles. The van der Waals surface area contributed by atoms with Crippen LogP contribution in [0, 0.1) is 0 Å². The minimum Gasteiger partial charge on any atom is -0.370 e. The van der Waals surface area contributed by atoms with Crippen molar-refractivity contribution in [1.29, 1.82) is 0 Å². The van der Waals surface area contributed by atoms with E-state index in [1.165, 1.54) is 32.1 Å². The number of aromatic nitrogens is 2. The molecule has 1 fully saturated rings. The minimum absolute atomic E-state index is 0.528. The lowest BCUT2D eigenvalue weighted by Gasteiger charge is -2.23. The van der Waals surface area contributed by atoms with Crippen LogP contribution in [0.3, 0.4) is 0 Å². The number of imidazole rings is 1. The third kappa shape index (κ3) is 3.48. The predicted octanol–water partition coefficient (Wildman–Crippen LogP) is 1.77. The second-order valence-electron chi connectivity index (χ2n) is 5.55. The maximum atomic E-state index is 5.95. The van der Waals surface area contributed by atoms with Gasteiger partial charge in [0.05, 0.1) is 5.69 Å². The Morgan fingerprint density at radius 3 is 3.10 bits per heavy atom. The molecule has 1 saturated carbocycles. The Balaban J connectivity index is 1.44. The summed E-state index contributed by atoms with van der Waals surface area (Å²) in [6, 6.07) is 0.528. The third-order valence-electron chi connectivity index (χ3n) is 3.96. The molecule has 0 atom stereocenters. The fraction of sp³-hybridized carbons (Fsp3) is 0.714. The summed E-state index contributed by atoms with van der Waals surface area (Å²) in [6.45, 7) is 1.80. The van der Waals surface area contributed by atoms with E-state index in [0.717, 1.165) is 29.6 Å². The fourth-order valence-corrected chi connectivity index (χ4v) is 3.84. The van der Waals surface area contributed by atoms with Crippen molar-refractivity contribution in [2.45, 2.75) is 56.3 Å². The SMILES string of the molecule is NC(=NCCc1cn2c(n1)SCC2)NC1CCCCC1. The largest absolute Gasteiger partial charge is 0.370 e. The van der Waals surface area contributed by atoms with E-state index < -0.39 is 0 Å². The van der Waals surface area contributed by atoms with Crippen molar-refractivity contribution in [3.63, 3.8) is 0 Å². The summed E-state index contributed by atoms with van der Waals surface area (Å²) in [5, 5.41) is 4.49. The zero-order chi connectivity index (χ0) is 13.8. The summed E-state index contributed by atoms with van der Waals surface area (Å²) in [6.07, 6.45) is 9.44. The van der Waals surface area contributed by atoms with Gasteiger partial charge >= 0.3 is 0 Å². The third-order valence-corrected chi connectivity index (χ3v) is 4.93. The highest BCUT2D eigenvalue weighted by Crippen LogP contribution is 2.24. The number of hydrogen-bond acceptors (Lipinski definition) is 3. The van der Waals surface area contributed by atoms with Crippen molar-refractivity contribution in [3.05, 3.63) is 11.9 Å². The van der Waals surface area contributed by atoms with Crippen molar-refractivity contribution in [3.8, 4) is 0 Å². The number of fused-ring (bicyclic) bond motifs is 1. The minimum atomic E-state index is 0.528. The molecule has 0 aromatic carbocycles. The fourth-order valence-electron chi connectivity index (χ4n) is 2.87. The molecule has 0 radical (unpaired) electrons. The van der Waals surface area contributed by atoms with Gasteiger partial charge in [-0.1, -0.05) is 31.0 Å². The summed E-state index contributed by atoms with van der Waals surface area (Å²) in [5.74, 6) is 1.75. The highest BCUT2D eigenvalue weighted by atomic mass is 32.2. The van der Waals surface area contributed by atoms with Crippen LogP contribution in [-0.2, 0) is 13.0 Å². The number of aliphatic imine (C=N–C) groups is 1. The van der Waals surface area contributed by atoms with Crippen molar-refractivity contribution < 1.29 is 0 Å². The normalized spacial score (nSPS) is 20.1. The number of rotatable bonds is 4. The average molecular weight is 293 g/mol. The summed E-state index contributed by atoms with van der Waals surface area (Å²) in [7, 11) is 0. The van der Waals surface area contributed by atoms with Crippen LogP contribution in [0.1, 0.15) is 37.8 Å². The molecule has 0 bridgehead atoms. The maximum absolute atomic E-state index is 5.95. The Labute approximate surface area is 124 Å². The van der Waals surface area contributed by atoms with Crippen molar-refractivity contribution in [2.24, 2.45) is 10.7 Å². The van der Waals surface area contributed by atoms with Gasteiger partial charge in [-0.3, -0.25) is 4.99 Å². The molecule has 1 aromatic rings. The van der Waals surface area contributed by atoms with Gasteiger partial charge in [0.1, 0.15) is 0 Å². The molecule has 0 amide bonds. The zero-order valence-corrected chi connectivity index (χ0v) is 12.7. The van der Waals surface area contributed by atoms with Crippen molar-refractivity contribution in [2.75, 3.05) is 12.3 Å². The Kier molecular flexibility index (Phi) is 4.50. The van der Waals surface area contributed by atoms with Gasteiger partial charge in [0, 0.05) is 37.5 Å². The first-order valence-corrected chi connectivity index (χ1v) is 8.55. The second-order valence-corrected chi connectivity index (χ2v) is 6.61. The molecule has 5 nitrogen and oxygen atoms in total. The molecule has 2 aliphatic rings. The van der Waals surface area contributed by atoms with E-state index in [2.05, 4.69) is 26.1 Å². The number of aryl methyl sites for hydroxylation is 1. The van der Waals surface area contributed by atoms with Gasteiger partial charge in [-0.25, -0.2) is 4.98 Å². The highest BCUT2D eigenvalue weighted by Gasteiger charge is 2.14. The average Bonchev–Trinajstić information content (AvgIpc) is 3.01. The first-order valence-electron chi connectivity index (χ1n) is 7.56. The van der Waals surface area contributed by atoms with Crippen LogP contribution in [0.4, 0.5) is 0 Å². The number of nitrogens with one attached hydrogen (secondary N) is 1. The number of guanidine groups is 1. The highest BCUT2D eigenvalue weighted by molar-refractivity contribution is 7.99. The van der Waals surface area contributed by atoms with E-state index in [1.54, 1.807) is 0 Å². The number of nitrogens with zero attached hydrogens (tertiary/aromatic N) is 3. The van der Waals surface area contributed by atoms with Gasteiger partial charge in [0.2, 0.25) is 0 Å². The van der Waals surface area contributed by atoms with Crippen LogP contribution in [-0.4, -0.2) is 33.9 Å². The number of nitrogens with two attached hydrogens (primary N) is 1. The zero-order valence-electron chi connectivity index (χ0n) is 11.8. The van der Waals surface area contributed by atoms with E-state index in [9.17, 15) is 0 Å². The van der Waals surface area contributed by atoms with Gasteiger partial charge in [-0.2, -0.15) is 0 Å². The number of hydrogen-bond donors (Lipinski definition) is 2. The molecule has 2 heterocycles. The summed E-state index contributed by atoms with van der Waals surface area (Å²) in [5.41, 5.74) is 7.08. The van der Waals surface area contributed by atoms with E-state index in [-0.39, 0.29) is 0 Å². The molecule has 110 valence electrons. The quantitative estimate of drug-likeness (QED) is 0.656. The van der Waals surface area contributed by atoms with Crippen molar-refractivity contribution >= 4 is 17.7 Å². The lowest BCUT2D eigenvalue weighted by atomic mass is 9.96. The molecule has 6 heteroatoms. The summed E-state index contributed by atoms with van der Waals surface area (Å²) in [4.78, 5) is 9.02. The van der Waals surface area contributed by atoms with E-state index in [0.29, 0.717) is 18.5 Å². The Morgan fingerprint density at radius 1 is 1.45 bits per heavy atom. The molecule has 0 spiro atoms. The van der Waals surface area contributed by atoms with Gasteiger partial charge in [-0.15, -0.1) is 0 Å². The smallest absolute Gasteiger partial charge is 0.188 e. The lowest BCUT2D eigenvalue weighted by molar-refractivity contribution is 0.412. The molecule has 3 rings (SSSR count). The standard InChI is InChI=1S/C14H23N5S/c15-13(17-11-4-2-1-3-5-11)16-7-6-12-10-19-8-9-20-14(19)18-12/h10-11H,1-9H2,(H3,15,16,17). The molecular weight excluding hydrogens is 270 g/mol. The molecule has 0 saturated heterocycles. The molecule has 1 aliphatic heterocycles. The molecular formula is C14H23N5S. The van der Waals surface area contributed by atoms with Crippen LogP contribution in [0.5, 0.6) is 0 Å². The van der Waals surface area contributed by atoms with E-state index in [4.69, 9.17) is 5.73 Å². The first kappa shape index (κ1) is 13.8. The van der Waals surface area contributed by atoms with Gasteiger partial charge in [0.15, 0.2) is 11.1 Å². The molecule has 20 heavy (non-hydrogen) atoms. The van der Waals surface area contributed by atoms with Crippen LogP contribution in [0.2, 0.25) is 0 Å². The Hall–Kier alpha value is -1.17. The van der Waals surface area contributed by atoms with Crippen LogP contribution < -0.4 is 11.1 Å². The Morgan fingerprint density at radius 2 is 2.30 bits per heavy atom. The van der Waals surface area contributed by atoms with E-state index >= 15 is 0 Å². The summed E-state index contributed by atoms with van der Waals surface area (Å²) >= 11 is 1.83. The predicted molar refractivity (Wildman–Crippen MR) is 83.2 cm³/mol. The lowest BCUT2D eigenvalue weighted by Crippen LogP contribution is -2.41. The van der Waals surface area contributed by atoms with E-state index in [1.807, 2.05) is 11.8 Å². The van der Waals surface area contributed by atoms with Gasteiger partial charge in [0.25, 0.3) is 0 Å². The first-order chi connectivity index (χ1) is 9.81. The summed E-state index contributed by atoms with van der Waals surface area (Å²) < 4.78 is 2.23. The Bertz CT molecular complexity index is 454. The second kappa shape index (κ2) is 6.52. The topological polar surface area (TPSA) is 68.2 Å². The number of thioether (sulfide) groups is 1. The molecule has 3 N–H and O–H groups in total. The maximum Gasteiger partial charge on any atom is 0.188 e. The van der Waals surface area contributed by atoms with Crippen LogP contribution in [0.25, 0.3) is 0 Å². The van der Waals surface area contributed by atoms with Gasteiger partial charge in [-0.05, 0) is 12.8 Å². The molecule has 1 aliphatic carbocycles. The van der Waals surface area contributed by atoms with Crippen LogP contribution >= 0.6 is 11.8 Å². The monoisotopic (exact) mass is 293 g/mol. The molecule has 0 unspecified atom stereocenters. The van der Waals surface area contributed by atoms with Crippen LogP contribution in [0.15, 0.2) is 16.3 Å². The van der Waals surface area contributed by atoms with Crippen molar-refractivity contribution in [1.82, 2.24) is 14.9 Å². The van der Waals surface area contributed by atoms with Gasteiger partial charge < -0.3 is 15.6 Å².